The van der Waals surface area contributed by atoms with Crippen molar-refractivity contribution in [1.29, 1.82) is 0 Å². The molecule has 1 aromatic carbocycles. The van der Waals surface area contributed by atoms with Gasteiger partial charge in [0.15, 0.2) is 0 Å². The minimum atomic E-state index is -0.572. The topological polar surface area (TPSA) is 123 Å². The van der Waals surface area contributed by atoms with Gasteiger partial charge in [0, 0.05) is 19.8 Å². The average Bonchev–Trinajstić information content (AvgIpc) is 2.54. The van der Waals surface area contributed by atoms with Gasteiger partial charge in [0.05, 0.1) is 17.6 Å². The van der Waals surface area contributed by atoms with Gasteiger partial charge in [-0.15, -0.1) is 0 Å². The van der Waals surface area contributed by atoms with E-state index in [9.17, 15) is 14.9 Å². The third-order valence-corrected chi connectivity index (χ3v) is 2.90. The Morgan fingerprint density at radius 2 is 1.83 bits per heavy atom. The first-order valence-electron chi connectivity index (χ1n) is 6.81. The van der Waals surface area contributed by atoms with Gasteiger partial charge in [-0.1, -0.05) is 0 Å². The molecule has 0 radical (unpaired) electrons. The first-order valence-corrected chi connectivity index (χ1v) is 6.81. The number of rotatable bonds is 6. The van der Waals surface area contributed by atoms with Crippen molar-refractivity contribution in [2.75, 3.05) is 31.9 Å². The number of methoxy groups -OCH3 is 1. The number of nitrogens with zero attached hydrogens (tertiary/aromatic N) is 4. The second-order valence-electron chi connectivity index (χ2n) is 4.88. The number of carbonyl (C=O) groups excluding carboxylic acids is 1. The average molecular weight is 332 g/mol. The van der Waals surface area contributed by atoms with Crippen LogP contribution in [-0.4, -0.2) is 47.1 Å². The third kappa shape index (κ3) is 3.93. The quantitative estimate of drug-likeness (QED) is 0.463. The molecule has 1 aromatic heterocycles. The summed E-state index contributed by atoms with van der Waals surface area (Å²) in [7, 11) is 4.66. The molecule has 0 atom stereocenters. The summed E-state index contributed by atoms with van der Waals surface area (Å²) in [5.74, 6) is -0.370. The minimum Gasteiger partial charge on any atom is -0.465 e. The maximum atomic E-state index is 11.4. The first kappa shape index (κ1) is 17.1. The Bertz CT molecular complexity index is 747. The van der Waals surface area contributed by atoms with Gasteiger partial charge in [-0.05, 0) is 24.3 Å². The molecule has 1 heterocycles. The van der Waals surface area contributed by atoms with E-state index in [1.807, 2.05) is 0 Å². The molecule has 2 rings (SSSR count). The van der Waals surface area contributed by atoms with Crippen molar-refractivity contribution in [1.82, 2.24) is 15.0 Å². The van der Waals surface area contributed by atoms with Crippen LogP contribution >= 0.6 is 0 Å². The highest BCUT2D eigenvalue weighted by atomic mass is 16.6. The number of aromatic nitrogens is 2. The summed E-state index contributed by atoms with van der Waals surface area (Å²) in [5, 5.41) is 15.7. The van der Waals surface area contributed by atoms with Crippen molar-refractivity contribution in [2.45, 2.75) is 0 Å². The van der Waals surface area contributed by atoms with Crippen LogP contribution in [0.25, 0.3) is 0 Å². The van der Waals surface area contributed by atoms with Crippen LogP contribution in [0.1, 0.15) is 10.4 Å². The minimum absolute atomic E-state index is 0.0326. The van der Waals surface area contributed by atoms with E-state index in [1.165, 1.54) is 18.4 Å². The number of nitrogens with one attached hydrogen (secondary N) is 2. The fraction of sp³-hybridized carbons (Fsp3) is 0.214. The van der Waals surface area contributed by atoms with E-state index >= 15 is 0 Å². The Labute approximate surface area is 137 Å². The summed E-state index contributed by atoms with van der Waals surface area (Å²) in [4.78, 5) is 30.0. The molecule has 0 amide bonds. The Balaban J connectivity index is 2.32. The van der Waals surface area contributed by atoms with E-state index in [0.29, 0.717) is 11.3 Å². The van der Waals surface area contributed by atoms with Crippen molar-refractivity contribution in [3.8, 4) is 0 Å². The fourth-order valence-corrected chi connectivity index (χ4v) is 1.88. The standard InChI is InChI=1S/C14H16N6O4/c1-19(2)18-13-11(20(22)23)12(15-8-16-13)17-10-6-4-9(5-7-10)14(21)24-3/h4-8H,1-3H3,(H2,15,16,17,18). The molecule has 126 valence electrons. The third-order valence-electron chi connectivity index (χ3n) is 2.90. The van der Waals surface area contributed by atoms with Gasteiger partial charge < -0.3 is 10.1 Å². The molecule has 24 heavy (non-hydrogen) atoms. The van der Waals surface area contributed by atoms with Crippen molar-refractivity contribution in [3.05, 3.63) is 46.3 Å². The molecular formula is C14H16N6O4. The Kier molecular flexibility index (Phi) is 5.22. The van der Waals surface area contributed by atoms with E-state index in [1.54, 1.807) is 38.4 Å². The monoisotopic (exact) mass is 332 g/mol. The maximum absolute atomic E-state index is 11.4. The van der Waals surface area contributed by atoms with Crippen molar-refractivity contribution >= 4 is 29.0 Å². The molecular weight excluding hydrogens is 316 g/mol. The molecule has 0 saturated heterocycles. The zero-order chi connectivity index (χ0) is 17.7. The Morgan fingerprint density at radius 3 is 2.38 bits per heavy atom. The second kappa shape index (κ2) is 7.33. The molecule has 0 spiro atoms. The van der Waals surface area contributed by atoms with Gasteiger partial charge in [-0.3, -0.25) is 15.5 Å². The second-order valence-corrected chi connectivity index (χ2v) is 4.88. The number of esters is 1. The normalized spacial score (nSPS) is 10.3. The largest absolute Gasteiger partial charge is 0.465 e. The van der Waals surface area contributed by atoms with Crippen molar-refractivity contribution in [2.24, 2.45) is 0 Å². The van der Waals surface area contributed by atoms with Crippen LogP contribution in [0.3, 0.4) is 0 Å². The molecule has 2 aromatic rings. The van der Waals surface area contributed by atoms with Gasteiger partial charge in [-0.25, -0.2) is 19.8 Å². The van der Waals surface area contributed by atoms with Crippen molar-refractivity contribution in [3.63, 3.8) is 0 Å². The molecule has 0 saturated carbocycles. The maximum Gasteiger partial charge on any atom is 0.354 e. The summed E-state index contributed by atoms with van der Waals surface area (Å²) < 4.78 is 4.62. The van der Waals surface area contributed by atoms with Crippen LogP contribution in [-0.2, 0) is 4.74 Å². The number of hydrogen-bond acceptors (Lipinski definition) is 9. The van der Waals surface area contributed by atoms with E-state index < -0.39 is 10.9 Å². The molecule has 10 nitrogen and oxygen atoms in total. The number of carbonyl (C=O) groups is 1. The van der Waals surface area contributed by atoms with Crippen LogP contribution < -0.4 is 10.7 Å². The molecule has 0 unspecified atom stereocenters. The lowest BCUT2D eigenvalue weighted by atomic mass is 10.2. The van der Waals surface area contributed by atoms with Gasteiger partial charge in [-0.2, -0.15) is 0 Å². The number of benzene rings is 1. The first-order chi connectivity index (χ1) is 11.4. The lowest BCUT2D eigenvalue weighted by Gasteiger charge is -2.14. The summed E-state index contributed by atoms with van der Waals surface area (Å²) in [6, 6.07) is 6.27. The lowest BCUT2D eigenvalue weighted by molar-refractivity contribution is -0.383. The zero-order valence-electron chi connectivity index (χ0n) is 13.3. The van der Waals surface area contributed by atoms with Gasteiger partial charge >= 0.3 is 11.7 Å². The van der Waals surface area contributed by atoms with Crippen molar-refractivity contribution < 1.29 is 14.5 Å². The lowest BCUT2D eigenvalue weighted by Crippen LogP contribution is -2.21. The highest BCUT2D eigenvalue weighted by molar-refractivity contribution is 5.89. The van der Waals surface area contributed by atoms with Gasteiger partial charge in [0.1, 0.15) is 6.33 Å². The highest BCUT2D eigenvalue weighted by Gasteiger charge is 2.23. The predicted molar refractivity (Wildman–Crippen MR) is 87.1 cm³/mol. The predicted octanol–water partition coefficient (Wildman–Crippen LogP) is 1.80. The van der Waals surface area contributed by atoms with Gasteiger partial charge in [0.25, 0.3) is 0 Å². The Hall–Kier alpha value is -3.27. The zero-order valence-corrected chi connectivity index (χ0v) is 13.3. The summed E-state index contributed by atoms with van der Waals surface area (Å²) in [6.07, 6.45) is 1.21. The number of hydrazine groups is 1. The van der Waals surface area contributed by atoms with E-state index in [-0.39, 0.29) is 17.3 Å². The summed E-state index contributed by atoms with van der Waals surface area (Å²) in [5.41, 5.74) is 3.36. The number of ether oxygens (including phenoxy) is 1. The van der Waals surface area contributed by atoms with Crippen LogP contribution in [0.5, 0.6) is 0 Å². The number of anilines is 3. The number of nitro groups is 1. The van der Waals surface area contributed by atoms with Crippen LogP contribution in [0.15, 0.2) is 30.6 Å². The SMILES string of the molecule is COC(=O)c1ccc(Nc2ncnc(NN(C)C)c2[N+](=O)[O-])cc1. The van der Waals surface area contributed by atoms with E-state index in [0.717, 1.165) is 0 Å². The van der Waals surface area contributed by atoms with E-state index in [4.69, 9.17) is 0 Å². The van der Waals surface area contributed by atoms with Crippen LogP contribution in [0.4, 0.5) is 23.0 Å². The molecule has 0 aliphatic heterocycles. The van der Waals surface area contributed by atoms with Gasteiger partial charge in [0.2, 0.25) is 11.6 Å². The summed E-state index contributed by atoms with van der Waals surface area (Å²) in [6.45, 7) is 0. The Morgan fingerprint density at radius 1 is 1.21 bits per heavy atom. The molecule has 0 bridgehead atoms. The van der Waals surface area contributed by atoms with Crippen LogP contribution in [0.2, 0.25) is 0 Å². The molecule has 0 aliphatic carbocycles. The molecule has 0 aliphatic rings. The molecule has 10 heteroatoms. The fourth-order valence-electron chi connectivity index (χ4n) is 1.88. The highest BCUT2D eigenvalue weighted by Crippen LogP contribution is 2.31. The van der Waals surface area contributed by atoms with Crippen LogP contribution in [0, 0.1) is 10.1 Å². The molecule has 2 N–H and O–H groups in total. The van der Waals surface area contributed by atoms with E-state index in [2.05, 4.69) is 25.4 Å². The number of hydrogen-bond donors (Lipinski definition) is 2. The summed E-state index contributed by atoms with van der Waals surface area (Å²) >= 11 is 0. The molecule has 0 fully saturated rings. The smallest absolute Gasteiger partial charge is 0.354 e.